The molecule has 5 nitrogen and oxygen atoms in total. The van der Waals surface area contributed by atoms with Crippen LogP contribution in [0.5, 0.6) is 5.75 Å². The summed E-state index contributed by atoms with van der Waals surface area (Å²) in [6.07, 6.45) is -0.0241. The largest absolute Gasteiger partial charge is 0.494 e. The quantitative estimate of drug-likeness (QED) is 0.317. The van der Waals surface area contributed by atoms with Crippen molar-refractivity contribution in [2.24, 2.45) is 0 Å². The number of fused-ring (bicyclic) bond motifs is 1. The topological polar surface area (TPSA) is 57.5 Å². The SMILES string of the molecule is COc1cc2c(CC(=O)OCC[Si](C)(C)C)c(C)n(C(=O)c3ccc(Cl)cc3)c2cc1F. The van der Waals surface area contributed by atoms with Crippen molar-refractivity contribution in [1.29, 1.82) is 0 Å². The highest BCUT2D eigenvalue weighted by Gasteiger charge is 2.24. The Morgan fingerprint density at radius 2 is 1.78 bits per heavy atom. The fourth-order valence-corrected chi connectivity index (χ4v) is 4.35. The van der Waals surface area contributed by atoms with Crippen LogP contribution in [0, 0.1) is 12.7 Å². The number of hydrogen-bond acceptors (Lipinski definition) is 4. The molecule has 0 atom stereocenters. The lowest BCUT2D eigenvalue weighted by Crippen LogP contribution is -2.23. The first-order valence-corrected chi connectivity index (χ1v) is 14.4. The summed E-state index contributed by atoms with van der Waals surface area (Å²) in [5.41, 5.74) is 1.92. The van der Waals surface area contributed by atoms with Crippen LogP contribution >= 0.6 is 11.6 Å². The molecule has 32 heavy (non-hydrogen) atoms. The lowest BCUT2D eigenvalue weighted by molar-refractivity contribution is -0.142. The summed E-state index contributed by atoms with van der Waals surface area (Å²) in [6, 6.07) is 10.1. The third-order valence-corrected chi connectivity index (χ3v) is 7.29. The van der Waals surface area contributed by atoms with Gasteiger partial charge in [0, 0.05) is 35.8 Å². The molecule has 0 fully saturated rings. The molecular weight excluding hydrogens is 449 g/mol. The zero-order valence-corrected chi connectivity index (χ0v) is 20.7. The minimum absolute atomic E-state index is 0.0241. The number of benzene rings is 2. The lowest BCUT2D eigenvalue weighted by atomic mass is 10.1. The molecule has 0 aliphatic carbocycles. The van der Waals surface area contributed by atoms with Gasteiger partial charge in [0.2, 0.25) is 0 Å². The molecule has 0 spiro atoms. The van der Waals surface area contributed by atoms with Crippen molar-refractivity contribution >= 4 is 42.5 Å². The molecule has 0 saturated heterocycles. The number of carbonyl (C=O) groups is 2. The van der Waals surface area contributed by atoms with Crippen LogP contribution in [-0.4, -0.2) is 38.2 Å². The molecule has 0 N–H and O–H groups in total. The highest BCUT2D eigenvalue weighted by atomic mass is 35.5. The van der Waals surface area contributed by atoms with Crippen LogP contribution in [0.4, 0.5) is 4.39 Å². The summed E-state index contributed by atoms with van der Waals surface area (Å²) in [6.45, 7) is 8.74. The molecule has 1 aromatic heterocycles. The van der Waals surface area contributed by atoms with Crippen molar-refractivity contribution in [2.45, 2.75) is 39.0 Å². The molecule has 3 aromatic rings. The van der Waals surface area contributed by atoms with Crippen LogP contribution in [0.15, 0.2) is 36.4 Å². The number of halogens is 2. The molecular formula is C24H27ClFNO4Si. The van der Waals surface area contributed by atoms with E-state index in [9.17, 15) is 14.0 Å². The van der Waals surface area contributed by atoms with Gasteiger partial charge in [0.05, 0.1) is 25.7 Å². The zero-order chi connectivity index (χ0) is 23.6. The van der Waals surface area contributed by atoms with Gasteiger partial charge in [-0.2, -0.15) is 0 Å². The van der Waals surface area contributed by atoms with Crippen LogP contribution < -0.4 is 4.74 Å². The van der Waals surface area contributed by atoms with Crippen molar-refractivity contribution in [3.05, 3.63) is 64.1 Å². The maximum Gasteiger partial charge on any atom is 0.310 e. The maximum absolute atomic E-state index is 14.5. The van der Waals surface area contributed by atoms with Crippen molar-refractivity contribution < 1.29 is 23.5 Å². The van der Waals surface area contributed by atoms with Gasteiger partial charge < -0.3 is 9.47 Å². The van der Waals surface area contributed by atoms with Crippen molar-refractivity contribution in [2.75, 3.05) is 13.7 Å². The predicted molar refractivity (Wildman–Crippen MR) is 127 cm³/mol. The van der Waals surface area contributed by atoms with Gasteiger partial charge >= 0.3 is 5.97 Å². The molecule has 0 bridgehead atoms. The Labute approximate surface area is 193 Å². The second kappa shape index (κ2) is 9.46. The standard InChI is InChI=1S/C24H27ClFNO4Si/c1-15-18(13-23(28)31-10-11-32(3,4)5)19-12-22(30-2)20(26)14-21(19)27(15)24(29)16-6-8-17(25)9-7-16/h6-9,12,14H,10-11,13H2,1-5H3. The van der Waals surface area contributed by atoms with E-state index in [1.165, 1.54) is 23.8 Å². The van der Waals surface area contributed by atoms with E-state index in [0.717, 1.165) is 6.04 Å². The summed E-state index contributed by atoms with van der Waals surface area (Å²) < 4.78 is 26.6. The van der Waals surface area contributed by atoms with E-state index >= 15 is 0 Å². The summed E-state index contributed by atoms with van der Waals surface area (Å²) in [7, 11) is 0.0369. The van der Waals surface area contributed by atoms with Gasteiger partial charge in [0.25, 0.3) is 5.91 Å². The smallest absolute Gasteiger partial charge is 0.310 e. The van der Waals surface area contributed by atoms with E-state index in [1.807, 2.05) is 0 Å². The predicted octanol–water partition coefficient (Wildman–Crippen LogP) is 5.86. The normalized spacial score (nSPS) is 11.6. The lowest BCUT2D eigenvalue weighted by Gasteiger charge is -2.15. The fourth-order valence-electron chi connectivity index (χ4n) is 3.51. The monoisotopic (exact) mass is 475 g/mol. The zero-order valence-electron chi connectivity index (χ0n) is 18.9. The van der Waals surface area contributed by atoms with Crippen LogP contribution in [0.1, 0.15) is 21.6 Å². The number of rotatable bonds is 7. The highest BCUT2D eigenvalue weighted by molar-refractivity contribution is 6.76. The van der Waals surface area contributed by atoms with Crippen LogP contribution in [0.25, 0.3) is 10.9 Å². The number of ether oxygens (including phenoxy) is 2. The molecule has 0 saturated carbocycles. The van der Waals surface area contributed by atoms with Gasteiger partial charge in [-0.25, -0.2) is 4.39 Å². The molecule has 8 heteroatoms. The maximum atomic E-state index is 14.5. The highest BCUT2D eigenvalue weighted by Crippen LogP contribution is 2.33. The first-order chi connectivity index (χ1) is 15.0. The average molecular weight is 476 g/mol. The Kier molecular flexibility index (Phi) is 7.10. The van der Waals surface area contributed by atoms with Gasteiger partial charge in [-0.3, -0.25) is 14.2 Å². The van der Waals surface area contributed by atoms with Crippen molar-refractivity contribution in [1.82, 2.24) is 4.57 Å². The van der Waals surface area contributed by atoms with Crippen molar-refractivity contribution in [3.8, 4) is 5.75 Å². The average Bonchev–Trinajstić information content (AvgIpc) is 2.97. The number of nitrogens with zero attached hydrogens (tertiary/aromatic N) is 1. The van der Waals surface area contributed by atoms with E-state index in [2.05, 4.69) is 19.6 Å². The molecule has 0 unspecified atom stereocenters. The van der Waals surface area contributed by atoms with Gasteiger partial charge in [-0.15, -0.1) is 0 Å². The molecule has 0 aliphatic rings. The van der Waals surface area contributed by atoms with Gasteiger partial charge in [0.15, 0.2) is 11.6 Å². The Morgan fingerprint density at radius 1 is 1.12 bits per heavy atom. The second-order valence-corrected chi connectivity index (χ2v) is 15.0. The number of carbonyl (C=O) groups excluding carboxylic acids is 2. The first-order valence-electron chi connectivity index (χ1n) is 10.3. The Hall–Kier alpha value is -2.64. The van der Waals surface area contributed by atoms with E-state index in [0.29, 0.717) is 39.4 Å². The number of hydrogen-bond donors (Lipinski definition) is 0. The third-order valence-electron chi connectivity index (χ3n) is 5.34. The number of aromatic nitrogens is 1. The summed E-state index contributed by atoms with van der Waals surface area (Å²) >= 11 is 5.94. The van der Waals surface area contributed by atoms with E-state index < -0.39 is 13.9 Å². The number of methoxy groups -OCH3 is 1. The van der Waals surface area contributed by atoms with E-state index in [-0.39, 0.29) is 24.0 Å². The minimum atomic E-state index is -1.34. The van der Waals surface area contributed by atoms with Crippen LogP contribution in [0.3, 0.4) is 0 Å². The van der Waals surface area contributed by atoms with Gasteiger partial charge in [-0.05, 0) is 48.9 Å². The second-order valence-electron chi connectivity index (χ2n) is 8.92. The summed E-state index contributed by atoms with van der Waals surface area (Å²) in [5.74, 6) is -1.27. The molecule has 3 rings (SSSR count). The van der Waals surface area contributed by atoms with Crippen LogP contribution in [-0.2, 0) is 16.0 Å². The molecule has 0 amide bonds. The summed E-state index contributed by atoms with van der Waals surface area (Å²) in [4.78, 5) is 25.9. The van der Waals surface area contributed by atoms with Crippen molar-refractivity contribution in [3.63, 3.8) is 0 Å². The van der Waals surface area contributed by atoms with Gasteiger partial charge in [0.1, 0.15) is 0 Å². The number of esters is 1. The van der Waals surface area contributed by atoms with E-state index in [4.69, 9.17) is 21.1 Å². The molecule has 0 radical (unpaired) electrons. The summed E-state index contributed by atoms with van der Waals surface area (Å²) in [5, 5.41) is 1.08. The molecule has 170 valence electrons. The molecule has 0 aliphatic heterocycles. The van der Waals surface area contributed by atoms with Gasteiger partial charge in [-0.1, -0.05) is 31.2 Å². The minimum Gasteiger partial charge on any atom is -0.494 e. The Bertz CT molecular complexity index is 1170. The van der Waals surface area contributed by atoms with Crippen LogP contribution in [0.2, 0.25) is 30.7 Å². The third kappa shape index (κ3) is 5.22. The molecule has 2 aromatic carbocycles. The Morgan fingerprint density at radius 3 is 2.38 bits per heavy atom. The Balaban J connectivity index is 2.04. The van der Waals surface area contributed by atoms with E-state index in [1.54, 1.807) is 31.2 Å². The fraction of sp³-hybridized carbons (Fsp3) is 0.333. The molecule has 1 heterocycles. The first kappa shape index (κ1) is 24.0.